The third-order valence-electron chi connectivity index (χ3n) is 5.07. The summed E-state index contributed by atoms with van der Waals surface area (Å²) in [4.78, 5) is 14.9. The predicted octanol–water partition coefficient (Wildman–Crippen LogP) is 3.47. The number of nitrogens with zero attached hydrogens (tertiary/aromatic N) is 4. The Kier molecular flexibility index (Phi) is 6.90. The molecule has 1 fully saturated rings. The molecule has 0 unspecified atom stereocenters. The fourth-order valence-electron chi connectivity index (χ4n) is 3.69. The predicted molar refractivity (Wildman–Crippen MR) is 108 cm³/mol. The molecule has 146 valence electrons. The van der Waals surface area contributed by atoms with Gasteiger partial charge in [0.15, 0.2) is 11.0 Å². The quantitative estimate of drug-likeness (QED) is 0.680. The Morgan fingerprint density at radius 2 is 1.89 bits per heavy atom. The molecular weight excluding hydrogens is 360 g/mol. The summed E-state index contributed by atoms with van der Waals surface area (Å²) in [7, 11) is 1.68. The Morgan fingerprint density at radius 1 is 1.19 bits per heavy atom. The molecule has 1 aromatic heterocycles. The van der Waals surface area contributed by atoms with Crippen molar-refractivity contribution >= 4 is 17.7 Å². The standard InChI is InChI=1S/C20H28N4O2S/c1-15-8-7-9-16(2)24(15)18(25)14-27-20-22-21-19(23(20)12-13-26-3)17-10-5-4-6-11-17/h4-6,10-11,15-16H,7-9,12-14H2,1-3H3/t15-,16+. The van der Waals surface area contributed by atoms with Crippen molar-refractivity contribution in [2.45, 2.75) is 56.9 Å². The van der Waals surface area contributed by atoms with Crippen LogP contribution in [0.5, 0.6) is 0 Å². The lowest BCUT2D eigenvalue weighted by Crippen LogP contribution is -2.48. The van der Waals surface area contributed by atoms with Gasteiger partial charge in [0.2, 0.25) is 5.91 Å². The van der Waals surface area contributed by atoms with E-state index >= 15 is 0 Å². The molecule has 2 heterocycles. The molecule has 1 aliphatic heterocycles. The minimum atomic E-state index is 0.183. The van der Waals surface area contributed by atoms with Gasteiger partial charge in [-0.3, -0.25) is 9.36 Å². The van der Waals surface area contributed by atoms with Gasteiger partial charge in [-0.25, -0.2) is 0 Å². The lowest BCUT2D eigenvalue weighted by molar-refractivity contribution is -0.134. The van der Waals surface area contributed by atoms with Crippen LogP contribution in [0.3, 0.4) is 0 Å². The highest BCUT2D eigenvalue weighted by atomic mass is 32.2. The first kappa shape index (κ1) is 19.9. The van der Waals surface area contributed by atoms with E-state index in [-0.39, 0.29) is 5.91 Å². The topological polar surface area (TPSA) is 60.2 Å². The van der Waals surface area contributed by atoms with E-state index in [0.717, 1.165) is 29.4 Å². The summed E-state index contributed by atoms with van der Waals surface area (Å²) in [5, 5.41) is 9.48. The molecule has 1 saturated heterocycles. The number of benzene rings is 1. The van der Waals surface area contributed by atoms with E-state index in [0.29, 0.717) is 31.0 Å². The average Bonchev–Trinajstić information content (AvgIpc) is 3.08. The molecule has 0 aliphatic carbocycles. The number of hydrogen-bond acceptors (Lipinski definition) is 5. The molecule has 2 atom stereocenters. The van der Waals surface area contributed by atoms with Crippen molar-refractivity contribution in [2.75, 3.05) is 19.5 Å². The highest BCUT2D eigenvalue weighted by Gasteiger charge is 2.29. The van der Waals surface area contributed by atoms with Crippen molar-refractivity contribution in [1.82, 2.24) is 19.7 Å². The maximum atomic E-state index is 12.8. The lowest BCUT2D eigenvalue weighted by atomic mass is 9.98. The van der Waals surface area contributed by atoms with Crippen LogP contribution in [-0.2, 0) is 16.1 Å². The zero-order valence-corrected chi connectivity index (χ0v) is 17.1. The Hall–Kier alpha value is -1.86. The summed E-state index contributed by atoms with van der Waals surface area (Å²) in [5.41, 5.74) is 1.01. The third-order valence-corrected chi connectivity index (χ3v) is 6.03. The maximum Gasteiger partial charge on any atom is 0.233 e. The molecule has 6 nitrogen and oxygen atoms in total. The van der Waals surface area contributed by atoms with Crippen LogP contribution in [0, 0.1) is 0 Å². The van der Waals surface area contributed by atoms with E-state index in [1.54, 1.807) is 7.11 Å². The molecule has 0 spiro atoms. The number of likely N-dealkylation sites (tertiary alicyclic amines) is 1. The van der Waals surface area contributed by atoms with Crippen LogP contribution < -0.4 is 0 Å². The van der Waals surface area contributed by atoms with Crippen LogP contribution in [0.2, 0.25) is 0 Å². The lowest BCUT2D eigenvalue weighted by Gasteiger charge is -2.39. The molecule has 1 aliphatic rings. The first-order chi connectivity index (χ1) is 13.1. The summed E-state index contributed by atoms with van der Waals surface area (Å²) in [6.07, 6.45) is 3.37. The van der Waals surface area contributed by atoms with Crippen molar-refractivity contribution in [3.05, 3.63) is 30.3 Å². The Labute approximate surface area is 165 Å². The van der Waals surface area contributed by atoms with Gasteiger partial charge < -0.3 is 9.64 Å². The van der Waals surface area contributed by atoms with Gasteiger partial charge in [0.1, 0.15) is 0 Å². The number of carbonyl (C=O) groups excluding carboxylic acids is 1. The van der Waals surface area contributed by atoms with Crippen molar-refractivity contribution in [3.63, 3.8) is 0 Å². The van der Waals surface area contributed by atoms with Gasteiger partial charge in [-0.1, -0.05) is 42.1 Å². The Morgan fingerprint density at radius 3 is 2.56 bits per heavy atom. The molecule has 27 heavy (non-hydrogen) atoms. The van der Waals surface area contributed by atoms with Gasteiger partial charge >= 0.3 is 0 Å². The number of thioether (sulfide) groups is 1. The molecule has 0 saturated carbocycles. The molecule has 0 N–H and O–H groups in total. The smallest absolute Gasteiger partial charge is 0.233 e. The molecule has 0 radical (unpaired) electrons. The van der Waals surface area contributed by atoms with Crippen molar-refractivity contribution in [3.8, 4) is 11.4 Å². The van der Waals surface area contributed by atoms with E-state index in [1.165, 1.54) is 18.2 Å². The van der Waals surface area contributed by atoms with Crippen LogP contribution in [0.15, 0.2) is 35.5 Å². The second-order valence-corrected chi connectivity index (χ2v) is 7.98. The van der Waals surface area contributed by atoms with Crippen molar-refractivity contribution in [2.24, 2.45) is 0 Å². The summed E-state index contributed by atoms with van der Waals surface area (Å²) in [6, 6.07) is 10.6. The molecule has 3 rings (SSSR count). The highest BCUT2D eigenvalue weighted by molar-refractivity contribution is 7.99. The number of hydrogen-bond donors (Lipinski definition) is 0. The number of amides is 1. The molecule has 0 bridgehead atoms. The van der Waals surface area contributed by atoms with Crippen molar-refractivity contribution < 1.29 is 9.53 Å². The SMILES string of the molecule is COCCn1c(SCC(=O)N2[C@H](C)CCC[C@@H]2C)nnc1-c1ccccc1. The molecular formula is C20H28N4O2S. The Balaban J connectivity index is 1.74. The second-order valence-electron chi connectivity index (χ2n) is 7.04. The monoisotopic (exact) mass is 388 g/mol. The van der Waals surface area contributed by atoms with E-state index in [1.807, 2.05) is 39.8 Å². The highest BCUT2D eigenvalue weighted by Crippen LogP contribution is 2.27. The molecule has 2 aromatic rings. The number of carbonyl (C=O) groups is 1. The summed E-state index contributed by atoms with van der Waals surface area (Å²) in [5.74, 6) is 1.37. The van der Waals surface area contributed by atoms with Gasteiger partial charge in [-0.2, -0.15) is 0 Å². The molecule has 1 amide bonds. The zero-order valence-electron chi connectivity index (χ0n) is 16.3. The van der Waals surface area contributed by atoms with Gasteiger partial charge in [0.05, 0.1) is 18.9 Å². The fourth-order valence-corrected chi connectivity index (χ4v) is 4.53. The number of rotatable bonds is 7. The summed E-state index contributed by atoms with van der Waals surface area (Å²) >= 11 is 1.46. The maximum absolute atomic E-state index is 12.8. The van der Waals surface area contributed by atoms with Gasteiger partial charge in [0.25, 0.3) is 0 Å². The van der Waals surface area contributed by atoms with Crippen LogP contribution in [0.4, 0.5) is 0 Å². The number of aromatic nitrogens is 3. The van der Waals surface area contributed by atoms with Crippen LogP contribution in [0.25, 0.3) is 11.4 Å². The first-order valence-corrected chi connectivity index (χ1v) is 10.5. The zero-order chi connectivity index (χ0) is 19.2. The minimum Gasteiger partial charge on any atom is -0.383 e. The summed E-state index contributed by atoms with van der Waals surface area (Å²) in [6.45, 7) is 5.51. The van der Waals surface area contributed by atoms with E-state index < -0.39 is 0 Å². The molecule has 1 aromatic carbocycles. The Bertz CT molecular complexity index is 740. The van der Waals surface area contributed by atoms with Crippen LogP contribution in [0.1, 0.15) is 33.1 Å². The van der Waals surface area contributed by atoms with Gasteiger partial charge in [-0.05, 0) is 33.1 Å². The summed E-state index contributed by atoms with van der Waals surface area (Å²) < 4.78 is 7.29. The van der Waals surface area contributed by atoms with E-state index in [4.69, 9.17) is 4.74 Å². The van der Waals surface area contributed by atoms with Gasteiger partial charge in [-0.15, -0.1) is 10.2 Å². The number of piperidine rings is 1. The largest absolute Gasteiger partial charge is 0.383 e. The normalized spacial score (nSPS) is 20.0. The van der Waals surface area contributed by atoms with Crippen molar-refractivity contribution in [1.29, 1.82) is 0 Å². The first-order valence-electron chi connectivity index (χ1n) is 9.53. The average molecular weight is 389 g/mol. The fraction of sp³-hybridized carbons (Fsp3) is 0.550. The number of ether oxygens (including phenoxy) is 1. The van der Waals surface area contributed by atoms with Crippen LogP contribution >= 0.6 is 11.8 Å². The number of methoxy groups -OCH3 is 1. The minimum absolute atomic E-state index is 0.183. The second kappa shape index (κ2) is 9.37. The third kappa shape index (κ3) is 4.71. The molecule has 7 heteroatoms. The van der Waals surface area contributed by atoms with E-state index in [9.17, 15) is 4.79 Å². The van der Waals surface area contributed by atoms with E-state index in [2.05, 4.69) is 24.0 Å². The van der Waals surface area contributed by atoms with Gasteiger partial charge in [0, 0.05) is 24.8 Å². The van der Waals surface area contributed by atoms with Crippen LogP contribution in [-0.4, -0.2) is 57.1 Å².